The molecule has 0 spiro atoms. The highest BCUT2D eigenvalue weighted by Gasteiger charge is 2.08. The van der Waals surface area contributed by atoms with Crippen LogP contribution < -0.4 is 10.1 Å². The van der Waals surface area contributed by atoms with Crippen LogP contribution >= 0.6 is 34.5 Å². The van der Waals surface area contributed by atoms with E-state index < -0.39 is 0 Å². The average Bonchev–Trinajstić information content (AvgIpc) is 3.10. The molecule has 0 bridgehead atoms. The molecule has 0 saturated carbocycles. The number of aromatic nitrogens is 1. The number of carbonyl (C=O) groups excluding carboxylic acids is 1. The van der Waals surface area contributed by atoms with E-state index in [-0.39, 0.29) is 12.5 Å². The van der Waals surface area contributed by atoms with Gasteiger partial charge in [0, 0.05) is 21.0 Å². The van der Waals surface area contributed by atoms with Gasteiger partial charge in [0.25, 0.3) is 5.91 Å². The van der Waals surface area contributed by atoms with Crippen molar-refractivity contribution < 1.29 is 9.53 Å². The molecule has 3 rings (SSSR count). The number of aryl methyl sites for hydroxylation is 1. The minimum atomic E-state index is -0.208. The van der Waals surface area contributed by atoms with Crippen LogP contribution in [0.3, 0.4) is 0 Å². The summed E-state index contributed by atoms with van der Waals surface area (Å²) >= 11 is 13.4. The van der Waals surface area contributed by atoms with Crippen molar-refractivity contribution >= 4 is 40.4 Å². The summed E-state index contributed by atoms with van der Waals surface area (Å²) in [7, 11) is 0. The smallest absolute Gasteiger partial charge is 0.258 e. The van der Waals surface area contributed by atoms with Gasteiger partial charge in [-0.25, -0.2) is 4.98 Å². The maximum absolute atomic E-state index is 12.0. The van der Waals surface area contributed by atoms with E-state index in [9.17, 15) is 4.79 Å². The van der Waals surface area contributed by atoms with E-state index in [1.165, 1.54) is 11.3 Å². The fourth-order valence-corrected chi connectivity index (χ4v) is 3.21. The van der Waals surface area contributed by atoms with Crippen molar-refractivity contribution in [3.8, 4) is 17.0 Å². The van der Waals surface area contributed by atoms with Crippen LogP contribution in [0.15, 0.2) is 47.8 Å². The molecular formula is C19H16Cl2N2O2S. The zero-order valence-electron chi connectivity index (χ0n) is 14.0. The zero-order valence-corrected chi connectivity index (χ0v) is 16.3. The minimum absolute atomic E-state index is 0.0590. The van der Waals surface area contributed by atoms with Crippen molar-refractivity contribution in [2.75, 3.05) is 6.61 Å². The minimum Gasteiger partial charge on any atom is -0.484 e. The predicted molar refractivity (Wildman–Crippen MR) is 106 cm³/mol. The monoisotopic (exact) mass is 406 g/mol. The second kappa shape index (κ2) is 8.54. The topological polar surface area (TPSA) is 51.2 Å². The van der Waals surface area contributed by atoms with Crippen LogP contribution in [0.25, 0.3) is 11.3 Å². The first-order chi connectivity index (χ1) is 12.5. The van der Waals surface area contributed by atoms with Gasteiger partial charge in [-0.05, 0) is 42.8 Å². The molecule has 0 unspecified atom stereocenters. The summed E-state index contributed by atoms with van der Waals surface area (Å²) in [4.78, 5) is 16.5. The first-order valence-corrected chi connectivity index (χ1v) is 9.51. The molecule has 2 aromatic carbocycles. The molecule has 0 radical (unpaired) electrons. The summed E-state index contributed by atoms with van der Waals surface area (Å²) in [6.45, 7) is 2.19. The fraction of sp³-hybridized carbons (Fsp3) is 0.158. The predicted octanol–water partition coefficient (Wildman–Crippen LogP) is 5.12. The van der Waals surface area contributed by atoms with Gasteiger partial charge in [-0.15, -0.1) is 11.3 Å². The van der Waals surface area contributed by atoms with Crippen LogP contribution in [-0.2, 0) is 11.3 Å². The Hall–Kier alpha value is -2.08. The molecule has 4 nitrogen and oxygen atoms in total. The lowest BCUT2D eigenvalue weighted by atomic mass is 10.2. The Balaban J connectivity index is 1.50. The number of benzene rings is 2. The molecule has 1 heterocycles. The van der Waals surface area contributed by atoms with E-state index in [2.05, 4.69) is 10.3 Å². The third-order valence-corrected chi connectivity index (χ3v) is 5.15. The molecule has 7 heteroatoms. The Kier molecular flexibility index (Phi) is 6.14. The van der Waals surface area contributed by atoms with Crippen LogP contribution in [0.4, 0.5) is 0 Å². The van der Waals surface area contributed by atoms with Gasteiger partial charge < -0.3 is 10.1 Å². The van der Waals surface area contributed by atoms with Crippen LogP contribution in [0.2, 0.25) is 10.0 Å². The SMILES string of the molecule is Cc1cc(OCC(=O)NCc2nc(-c3ccc(Cl)cc3)cs2)ccc1Cl. The van der Waals surface area contributed by atoms with Crippen molar-refractivity contribution in [2.24, 2.45) is 0 Å². The number of carbonyl (C=O) groups is 1. The summed E-state index contributed by atoms with van der Waals surface area (Å²) in [6.07, 6.45) is 0. The molecule has 0 fully saturated rings. The average molecular weight is 407 g/mol. The van der Waals surface area contributed by atoms with Crippen molar-refractivity contribution in [2.45, 2.75) is 13.5 Å². The second-order valence-electron chi connectivity index (χ2n) is 5.61. The van der Waals surface area contributed by atoms with E-state index in [1.807, 2.05) is 36.6 Å². The summed E-state index contributed by atoms with van der Waals surface area (Å²) in [6, 6.07) is 12.8. The van der Waals surface area contributed by atoms with Gasteiger partial charge in [0.05, 0.1) is 12.2 Å². The van der Waals surface area contributed by atoms with Gasteiger partial charge in [-0.2, -0.15) is 0 Å². The number of amides is 1. The van der Waals surface area contributed by atoms with Crippen molar-refractivity contribution in [1.29, 1.82) is 0 Å². The quantitative estimate of drug-likeness (QED) is 0.617. The molecule has 0 saturated heterocycles. The number of rotatable bonds is 6. The normalized spacial score (nSPS) is 10.6. The summed E-state index contributed by atoms with van der Waals surface area (Å²) in [5, 5.41) is 6.94. The molecule has 26 heavy (non-hydrogen) atoms. The first kappa shape index (κ1) is 18.7. The van der Waals surface area contributed by atoms with E-state index >= 15 is 0 Å². The lowest BCUT2D eigenvalue weighted by Gasteiger charge is -2.08. The van der Waals surface area contributed by atoms with Crippen LogP contribution in [0.5, 0.6) is 5.75 Å². The van der Waals surface area contributed by atoms with E-state index in [1.54, 1.807) is 18.2 Å². The number of nitrogens with one attached hydrogen (secondary N) is 1. The Bertz CT molecular complexity index is 910. The van der Waals surface area contributed by atoms with Gasteiger partial charge in [-0.1, -0.05) is 35.3 Å². The molecular weight excluding hydrogens is 391 g/mol. The number of hydrogen-bond acceptors (Lipinski definition) is 4. The van der Waals surface area contributed by atoms with Crippen molar-refractivity contribution in [3.05, 3.63) is 68.5 Å². The Labute approximate surface area is 165 Å². The largest absolute Gasteiger partial charge is 0.484 e. The summed E-state index contributed by atoms with van der Waals surface area (Å²) < 4.78 is 5.48. The van der Waals surface area contributed by atoms with Gasteiger partial charge in [0.1, 0.15) is 10.8 Å². The fourth-order valence-electron chi connectivity index (χ4n) is 2.23. The first-order valence-electron chi connectivity index (χ1n) is 7.87. The van der Waals surface area contributed by atoms with Crippen LogP contribution in [0.1, 0.15) is 10.6 Å². The molecule has 1 aromatic heterocycles. The molecule has 1 N–H and O–H groups in total. The lowest BCUT2D eigenvalue weighted by Crippen LogP contribution is -2.28. The van der Waals surface area contributed by atoms with Crippen LogP contribution in [0, 0.1) is 6.92 Å². The molecule has 134 valence electrons. The van der Waals surface area contributed by atoms with E-state index in [0.717, 1.165) is 21.8 Å². The number of thiazole rings is 1. The summed E-state index contributed by atoms with van der Waals surface area (Å²) in [5.74, 6) is 0.405. The Morgan fingerprint density at radius 2 is 1.96 bits per heavy atom. The van der Waals surface area contributed by atoms with Gasteiger partial charge >= 0.3 is 0 Å². The number of hydrogen-bond donors (Lipinski definition) is 1. The van der Waals surface area contributed by atoms with Crippen molar-refractivity contribution in [1.82, 2.24) is 10.3 Å². The zero-order chi connectivity index (χ0) is 18.5. The van der Waals surface area contributed by atoms with E-state index in [0.29, 0.717) is 22.3 Å². The van der Waals surface area contributed by atoms with Gasteiger partial charge in [0.15, 0.2) is 6.61 Å². The maximum atomic E-state index is 12.0. The highest BCUT2D eigenvalue weighted by molar-refractivity contribution is 7.09. The third-order valence-electron chi connectivity index (χ3n) is 3.63. The Morgan fingerprint density at radius 3 is 2.69 bits per heavy atom. The second-order valence-corrected chi connectivity index (χ2v) is 7.40. The van der Waals surface area contributed by atoms with Gasteiger partial charge in [0.2, 0.25) is 0 Å². The van der Waals surface area contributed by atoms with Crippen molar-refractivity contribution in [3.63, 3.8) is 0 Å². The molecule has 0 aliphatic carbocycles. The van der Waals surface area contributed by atoms with Crippen LogP contribution in [-0.4, -0.2) is 17.5 Å². The molecule has 3 aromatic rings. The Morgan fingerprint density at radius 1 is 1.19 bits per heavy atom. The molecule has 1 amide bonds. The highest BCUT2D eigenvalue weighted by Crippen LogP contribution is 2.23. The standard InChI is InChI=1S/C19H16Cl2N2O2S/c1-12-8-15(6-7-16(12)21)25-10-18(24)22-9-19-23-17(11-26-19)13-2-4-14(20)5-3-13/h2-8,11H,9-10H2,1H3,(H,22,24). The van der Waals surface area contributed by atoms with E-state index in [4.69, 9.17) is 27.9 Å². The molecule has 0 aliphatic heterocycles. The number of halogens is 2. The summed E-state index contributed by atoms with van der Waals surface area (Å²) in [5.41, 5.74) is 2.76. The number of nitrogens with zero attached hydrogens (tertiary/aromatic N) is 1. The molecule has 0 atom stereocenters. The number of ether oxygens (including phenoxy) is 1. The van der Waals surface area contributed by atoms with Gasteiger partial charge in [-0.3, -0.25) is 4.79 Å². The maximum Gasteiger partial charge on any atom is 0.258 e. The third kappa shape index (κ3) is 4.97. The molecule has 0 aliphatic rings. The highest BCUT2D eigenvalue weighted by atomic mass is 35.5. The lowest BCUT2D eigenvalue weighted by molar-refractivity contribution is -0.123.